The fourth-order valence-corrected chi connectivity index (χ4v) is 4.01. The molecule has 2 aliphatic rings. The van der Waals surface area contributed by atoms with Gasteiger partial charge in [-0.2, -0.15) is 0 Å². The van der Waals surface area contributed by atoms with Gasteiger partial charge in [0.25, 0.3) is 0 Å². The van der Waals surface area contributed by atoms with Crippen molar-refractivity contribution in [2.75, 3.05) is 42.4 Å². The Kier molecular flexibility index (Phi) is 5.79. The molecule has 0 aromatic heterocycles. The van der Waals surface area contributed by atoms with Gasteiger partial charge in [0.1, 0.15) is 11.5 Å². The molecule has 31 heavy (non-hydrogen) atoms. The van der Waals surface area contributed by atoms with E-state index in [4.69, 9.17) is 9.47 Å². The second-order valence-electron chi connectivity index (χ2n) is 7.63. The Hall–Kier alpha value is -3.55. The molecular formula is C23H25N3O5. The van der Waals surface area contributed by atoms with E-state index >= 15 is 0 Å². The molecule has 0 saturated carbocycles. The Bertz CT molecular complexity index is 1000. The van der Waals surface area contributed by atoms with Crippen LogP contribution >= 0.6 is 0 Å². The minimum atomic E-state index is -0.473. The molecule has 0 spiro atoms. The fourth-order valence-electron chi connectivity index (χ4n) is 4.01. The highest BCUT2D eigenvalue weighted by Crippen LogP contribution is 2.36. The molecule has 2 heterocycles. The summed E-state index contributed by atoms with van der Waals surface area (Å²) in [6.45, 7) is 0.993. The minimum absolute atomic E-state index is 0.121. The standard InChI is InChI=1S/C23H25N3O5/c1-30-18-9-10-19(20(13-18)31-2)26-14-15(12-22(26)28)23(29)24-16-5-7-17(8-6-16)25-11-3-4-21(25)27/h5-10,13,15H,3-4,11-12,14H2,1-2H3,(H,24,29)/t15-/m1/s1. The van der Waals surface area contributed by atoms with Crippen LogP contribution in [0.25, 0.3) is 0 Å². The molecular weight excluding hydrogens is 398 g/mol. The number of ether oxygens (including phenoxy) is 2. The van der Waals surface area contributed by atoms with Crippen molar-refractivity contribution < 1.29 is 23.9 Å². The molecule has 2 fully saturated rings. The first-order valence-electron chi connectivity index (χ1n) is 10.2. The number of nitrogens with zero attached hydrogens (tertiary/aromatic N) is 2. The van der Waals surface area contributed by atoms with Crippen molar-refractivity contribution in [1.82, 2.24) is 0 Å². The van der Waals surface area contributed by atoms with E-state index in [0.717, 1.165) is 18.7 Å². The summed E-state index contributed by atoms with van der Waals surface area (Å²) in [7, 11) is 3.09. The molecule has 4 rings (SSSR count). The van der Waals surface area contributed by atoms with Crippen molar-refractivity contribution in [1.29, 1.82) is 0 Å². The summed E-state index contributed by atoms with van der Waals surface area (Å²) < 4.78 is 10.6. The maximum absolute atomic E-state index is 12.8. The summed E-state index contributed by atoms with van der Waals surface area (Å²) in [5.74, 6) is 0.440. The first-order valence-corrected chi connectivity index (χ1v) is 10.2. The van der Waals surface area contributed by atoms with Gasteiger partial charge in [0.05, 0.1) is 25.8 Å². The lowest BCUT2D eigenvalue weighted by molar-refractivity contribution is -0.122. The first kappa shape index (κ1) is 20.7. The van der Waals surface area contributed by atoms with Gasteiger partial charge in [0.2, 0.25) is 17.7 Å². The molecule has 2 saturated heterocycles. The lowest BCUT2D eigenvalue weighted by atomic mass is 10.1. The highest BCUT2D eigenvalue weighted by molar-refractivity contribution is 6.04. The third-order valence-corrected chi connectivity index (χ3v) is 5.69. The lowest BCUT2D eigenvalue weighted by Gasteiger charge is -2.20. The molecule has 2 aromatic carbocycles. The highest BCUT2D eigenvalue weighted by atomic mass is 16.5. The third-order valence-electron chi connectivity index (χ3n) is 5.69. The number of anilines is 3. The van der Waals surface area contributed by atoms with E-state index in [9.17, 15) is 14.4 Å². The van der Waals surface area contributed by atoms with Crippen LogP contribution < -0.4 is 24.6 Å². The number of hydrogen-bond acceptors (Lipinski definition) is 5. The van der Waals surface area contributed by atoms with Gasteiger partial charge >= 0.3 is 0 Å². The normalized spacial score (nSPS) is 18.5. The zero-order valence-electron chi connectivity index (χ0n) is 17.6. The van der Waals surface area contributed by atoms with Crippen LogP contribution in [0.15, 0.2) is 42.5 Å². The van der Waals surface area contributed by atoms with Crippen molar-refractivity contribution >= 4 is 34.8 Å². The molecule has 2 aliphatic heterocycles. The number of hydrogen-bond donors (Lipinski definition) is 1. The number of nitrogens with one attached hydrogen (secondary N) is 1. The van der Waals surface area contributed by atoms with Crippen LogP contribution in [0.4, 0.5) is 17.1 Å². The number of carbonyl (C=O) groups excluding carboxylic acids is 3. The zero-order chi connectivity index (χ0) is 22.0. The second-order valence-corrected chi connectivity index (χ2v) is 7.63. The van der Waals surface area contributed by atoms with Crippen LogP contribution in [0.1, 0.15) is 19.3 Å². The monoisotopic (exact) mass is 423 g/mol. The predicted octanol–water partition coefficient (Wildman–Crippen LogP) is 2.82. The third kappa shape index (κ3) is 4.19. The Labute approximate surface area is 180 Å². The molecule has 3 amide bonds. The number of carbonyl (C=O) groups is 3. The summed E-state index contributed by atoms with van der Waals surface area (Å²) >= 11 is 0. The second kappa shape index (κ2) is 8.67. The maximum Gasteiger partial charge on any atom is 0.229 e. The van der Waals surface area contributed by atoms with E-state index in [-0.39, 0.29) is 30.7 Å². The molecule has 0 unspecified atom stereocenters. The van der Waals surface area contributed by atoms with Gasteiger partial charge < -0.3 is 24.6 Å². The van der Waals surface area contributed by atoms with Crippen molar-refractivity contribution in [3.05, 3.63) is 42.5 Å². The van der Waals surface area contributed by atoms with Gasteiger partial charge in [-0.15, -0.1) is 0 Å². The molecule has 8 nitrogen and oxygen atoms in total. The maximum atomic E-state index is 12.8. The van der Waals surface area contributed by atoms with Crippen LogP contribution in [0, 0.1) is 5.92 Å². The van der Waals surface area contributed by atoms with Crippen LogP contribution in [-0.4, -0.2) is 45.0 Å². The van der Waals surface area contributed by atoms with Crippen molar-refractivity contribution in [3.63, 3.8) is 0 Å². The predicted molar refractivity (Wildman–Crippen MR) is 117 cm³/mol. The van der Waals surface area contributed by atoms with Crippen LogP contribution in [0.5, 0.6) is 11.5 Å². The molecule has 0 radical (unpaired) electrons. The van der Waals surface area contributed by atoms with E-state index in [1.165, 1.54) is 7.11 Å². The van der Waals surface area contributed by atoms with Crippen LogP contribution in [0.2, 0.25) is 0 Å². The van der Waals surface area contributed by atoms with Crippen molar-refractivity contribution in [2.24, 2.45) is 5.92 Å². The largest absolute Gasteiger partial charge is 0.497 e. The van der Waals surface area contributed by atoms with E-state index in [1.807, 2.05) is 12.1 Å². The van der Waals surface area contributed by atoms with E-state index < -0.39 is 5.92 Å². The van der Waals surface area contributed by atoms with Gasteiger partial charge in [-0.05, 0) is 42.8 Å². The molecule has 1 atom stereocenters. The van der Waals surface area contributed by atoms with Crippen LogP contribution in [-0.2, 0) is 14.4 Å². The molecule has 0 aliphatic carbocycles. The summed E-state index contributed by atoms with van der Waals surface area (Å²) in [4.78, 5) is 40.6. The summed E-state index contributed by atoms with van der Waals surface area (Å²) in [6.07, 6.45) is 1.56. The summed E-state index contributed by atoms with van der Waals surface area (Å²) in [6, 6.07) is 12.4. The van der Waals surface area contributed by atoms with Gasteiger partial charge in [-0.25, -0.2) is 0 Å². The Morgan fingerprint density at radius 1 is 1.00 bits per heavy atom. The number of rotatable bonds is 6. The molecule has 0 bridgehead atoms. The highest BCUT2D eigenvalue weighted by Gasteiger charge is 2.36. The van der Waals surface area contributed by atoms with E-state index in [0.29, 0.717) is 29.3 Å². The Morgan fingerprint density at radius 3 is 2.42 bits per heavy atom. The number of methoxy groups -OCH3 is 2. The van der Waals surface area contributed by atoms with Crippen molar-refractivity contribution in [3.8, 4) is 11.5 Å². The van der Waals surface area contributed by atoms with Gasteiger partial charge in [-0.1, -0.05) is 0 Å². The smallest absolute Gasteiger partial charge is 0.229 e. The molecule has 162 valence electrons. The molecule has 2 aromatic rings. The molecule has 8 heteroatoms. The lowest BCUT2D eigenvalue weighted by Crippen LogP contribution is -2.28. The van der Waals surface area contributed by atoms with E-state index in [2.05, 4.69) is 5.32 Å². The quantitative estimate of drug-likeness (QED) is 0.772. The topological polar surface area (TPSA) is 88.2 Å². The average molecular weight is 423 g/mol. The van der Waals surface area contributed by atoms with Gasteiger partial charge in [-0.3, -0.25) is 14.4 Å². The van der Waals surface area contributed by atoms with E-state index in [1.54, 1.807) is 47.2 Å². The average Bonchev–Trinajstić information content (AvgIpc) is 3.39. The van der Waals surface area contributed by atoms with Crippen molar-refractivity contribution in [2.45, 2.75) is 19.3 Å². The Morgan fingerprint density at radius 2 is 1.77 bits per heavy atom. The fraction of sp³-hybridized carbons (Fsp3) is 0.348. The minimum Gasteiger partial charge on any atom is -0.497 e. The van der Waals surface area contributed by atoms with Gasteiger partial charge in [0, 0.05) is 43.4 Å². The first-order chi connectivity index (χ1) is 15.0. The zero-order valence-corrected chi connectivity index (χ0v) is 17.6. The molecule has 1 N–H and O–H groups in total. The number of benzene rings is 2. The van der Waals surface area contributed by atoms with Gasteiger partial charge in [0.15, 0.2) is 0 Å². The summed E-state index contributed by atoms with van der Waals surface area (Å²) in [5, 5.41) is 2.88. The summed E-state index contributed by atoms with van der Waals surface area (Å²) in [5.41, 5.74) is 2.07. The number of amides is 3. The van der Waals surface area contributed by atoms with Crippen LogP contribution in [0.3, 0.4) is 0 Å². The SMILES string of the molecule is COc1ccc(N2C[C@H](C(=O)Nc3ccc(N4CCCC4=O)cc3)CC2=O)c(OC)c1. The Balaban J connectivity index is 1.42.